The average Bonchev–Trinajstić information content (AvgIpc) is 2.43. The molecule has 6 heteroatoms. The van der Waals surface area contributed by atoms with Crippen molar-refractivity contribution in [2.24, 2.45) is 0 Å². The van der Waals surface area contributed by atoms with E-state index in [1.807, 2.05) is 32.0 Å². The van der Waals surface area contributed by atoms with Crippen LogP contribution in [0, 0.1) is 6.92 Å². The van der Waals surface area contributed by atoms with Crippen molar-refractivity contribution in [2.75, 3.05) is 13.7 Å². The van der Waals surface area contributed by atoms with Gasteiger partial charge < -0.3 is 4.74 Å². The van der Waals surface area contributed by atoms with Gasteiger partial charge in [-0.15, -0.1) is 0 Å². The third-order valence-electron chi connectivity index (χ3n) is 3.22. The largest absolute Gasteiger partial charge is 0.385 e. The predicted molar refractivity (Wildman–Crippen MR) is 82.8 cm³/mol. The summed E-state index contributed by atoms with van der Waals surface area (Å²) in [6.45, 7) is 4.18. The molecule has 2 rings (SSSR count). The van der Waals surface area contributed by atoms with E-state index in [1.54, 1.807) is 19.2 Å². The lowest BCUT2D eigenvalue weighted by Crippen LogP contribution is -2.33. The Bertz CT molecular complexity index is 729. The SMILES string of the molecule is COCC[C@@H](C)NS(=O)(=O)c1cccc2ccc(C)nc12. The first kappa shape index (κ1) is 15.9. The van der Waals surface area contributed by atoms with E-state index in [-0.39, 0.29) is 10.9 Å². The zero-order chi connectivity index (χ0) is 15.5. The van der Waals surface area contributed by atoms with E-state index in [4.69, 9.17) is 4.74 Å². The molecule has 1 aromatic carbocycles. The van der Waals surface area contributed by atoms with Gasteiger partial charge in [0.1, 0.15) is 4.90 Å². The first-order valence-electron chi connectivity index (χ1n) is 6.81. The molecule has 0 amide bonds. The van der Waals surface area contributed by atoms with E-state index in [2.05, 4.69) is 9.71 Å². The second-order valence-electron chi connectivity index (χ2n) is 5.08. The molecule has 0 saturated heterocycles. The second-order valence-corrected chi connectivity index (χ2v) is 6.77. The van der Waals surface area contributed by atoms with Gasteiger partial charge in [0.05, 0.1) is 5.52 Å². The van der Waals surface area contributed by atoms with E-state index in [0.29, 0.717) is 18.5 Å². The molecular formula is C15H20N2O3S. The van der Waals surface area contributed by atoms with Crippen LogP contribution in [0.2, 0.25) is 0 Å². The Morgan fingerprint density at radius 1 is 1.29 bits per heavy atom. The highest BCUT2D eigenvalue weighted by molar-refractivity contribution is 7.89. The number of pyridine rings is 1. The van der Waals surface area contributed by atoms with Gasteiger partial charge in [-0.25, -0.2) is 13.1 Å². The lowest BCUT2D eigenvalue weighted by Gasteiger charge is -2.14. The zero-order valence-corrected chi connectivity index (χ0v) is 13.3. The van der Waals surface area contributed by atoms with Crippen LogP contribution in [0.4, 0.5) is 0 Å². The Morgan fingerprint density at radius 3 is 2.76 bits per heavy atom. The summed E-state index contributed by atoms with van der Waals surface area (Å²) < 4.78 is 32.7. The van der Waals surface area contributed by atoms with Crippen molar-refractivity contribution in [3.63, 3.8) is 0 Å². The monoisotopic (exact) mass is 308 g/mol. The molecule has 114 valence electrons. The Kier molecular flexibility index (Phi) is 4.92. The van der Waals surface area contributed by atoms with Crippen molar-refractivity contribution in [3.05, 3.63) is 36.0 Å². The molecule has 21 heavy (non-hydrogen) atoms. The molecule has 0 aliphatic rings. The lowest BCUT2D eigenvalue weighted by atomic mass is 10.2. The molecule has 0 aliphatic carbocycles. The van der Waals surface area contributed by atoms with Crippen LogP contribution in [-0.4, -0.2) is 33.2 Å². The standard InChI is InChI=1S/C15H20N2O3S/c1-11-7-8-13-5-4-6-14(15(13)16-11)21(18,19)17-12(2)9-10-20-3/h4-8,12,17H,9-10H2,1-3H3/t12-/m1/s1. The van der Waals surface area contributed by atoms with Crippen LogP contribution in [0.1, 0.15) is 19.0 Å². The summed E-state index contributed by atoms with van der Waals surface area (Å²) in [7, 11) is -2.01. The number of aryl methyl sites for hydroxylation is 1. The molecule has 2 aromatic rings. The van der Waals surface area contributed by atoms with Crippen LogP contribution in [0.25, 0.3) is 10.9 Å². The van der Waals surface area contributed by atoms with Crippen molar-refractivity contribution < 1.29 is 13.2 Å². The molecule has 0 aliphatic heterocycles. The molecule has 5 nitrogen and oxygen atoms in total. The molecule has 0 bridgehead atoms. The van der Waals surface area contributed by atoms with Crippen LogP contribution < -0.4 is 4.72 Å². The van der Waals surface area contributed by atoms with E-state index >= 15 is 0 Å². The number of rotatable bonds is 6. The molecule has 0 radical (unpaired) electrons. The topological polar surface area (TPSA) is 68.3 Å². The minimum absolute atomic E-state index is 0.199. The molecule has 0 spiro atoms. The molecule has 0 saturated carbocycles. The number of benzene rings is 1. The molecule has 1 aromatic heterocycles. The number of ether oxygens (including phenoxy) is 1. The fourth-order valence-corrected chi connectivity index (χ4v) is 3.57. The van der Waals surface area contributed by atoms with Gasteiger partial charge in [0, 0.05) is 30.8 Å². The van der Waals surface area contributed by atoms with Crippen molar-refractivity contribution in [3.8, 4) is 0 Å². The van der Waals surface area contributed by atoms with Crippen LogP contribution in [0.5, 0.6) is 0 Å². The smallest absolute Gasteiger partial charge is 0.242 e. The van der Waals surface area contributed by atoms with Crippen LogP contribution in [0.3, 0.4) is 0 Å². The molecule has 1 heterocycles. The summed E-state index contributed by atoms with van der Waals surface area (Å²) in [6.07, 6.45) is 0.618. The number of para-hydroxylation sites is 1. The number of aromatic nitrogens is 1. The Morgan fingerprint density at radius 2 is 2.05 bits per heavy atom. The Balaban J connectivity index is 2.38. The van der Waals surface area contributed by atoms with E-state index in [0.717, 1.165) is 11.1 Å². The van der Waals surface area contributed by atoms with Crippen molar-refractivity contribution in [1.82, 2.24) is 9.71 Å². The van der Waals surface area contributed by atoms with Gasteiger partial charge in [0.2, 0.25) is 10.0 Å². The van der Waals surface area contributed by atoms with Crippen molar-refractivity contribution >= 4 is 20.9 Å². The Labute approximate surface area is 125 Å². The fraction of sp³-hybridized carbons (Fsp3) is 0.400. The van der Waals surface area contributed by atoms with Gasteiger partial charge in [0.25, 0.3) is 0 Å². The number of nitrogens with one attached hydrogen (secondary N) is 1. The molecule has 1 atom stereocenters. The quantitative estimate of drug-likeness (QED) is 0.888. The first-order chi connectivity index (χ1) is 9.94. The van der Waals surface area contributed by atoms with Gasteiger partial charge in [-0.3, -0.25) is 4.98 Å². The summed E-state index contributed by atoms with van der Waals surface area (Å²) in [5.74, 6) is 0. The summed E-state index contributed by atoms with van der Waals surface area (Å²) in [6, 6.07) is 8.72. The third-order valence-corrected chi connectivity index (χ3v) is 4.84. The van der Waals surface area contributed by atoms with Crippen molar-refractivity contribution in [1.29, 1.82) is 0 Å². The number of nitrogens with zero attached hydrogens (tertiary/aromatic N) is 1. The van der Waals surface area contributed by atoms with Crippen LogP contribution in [-0.2, 0) is 14.8 Å². The van der Waals surface area contributed by atoms with Gasteiger partial charge in [-0.05, 0) is 32.4 Å². The highest BCUT2D eigenvalue weighted by Gasteiger charge is 2.20. The van der Waals surface area contributed by atoms with Crippen LogP contribution >= 0.6 is 0 Å². The minimum Gasteiger partial charge on any atom is -0.385 e. The third kappa shape index (κ3) is 3.78. The molecular weight excluding hydrogens is 288 g/mol. The van der Waals surface area contributed by atoms with Gasteiger partial charge in [-0.1, -0.05) is 18.2 Å². The summed E-state index contributed by atoms with van der Waals surface area (Å²) in [4.78, 5) is 4.58. The van der Waals surface area contributed by atoms with Crippen LogP contribution in [0.15, 0.2) is 35.2 Å². The summed E-state index contributed by atoms with van der Waals surface area (Å²) in [5.41, 5.74) is 1.29. The van der Waals surface area contributed by atoms with E-state index in [1.165, 1.54) is 0 Å². The van der Waals surface area contributed by atoms with E-state index in [9.17, 15) is 8.42 Å². The van der Waals surface area contributed by atoms with Gasteiger partial charge >= 0.3 is 0 Å². The number of sulfonamides is 1. The van der Waals surface area contributed by atoms with Gasteiger partial charge in [0.15, 0.2) is 0 Å². The molecule has 0 fully saturated rings. The fourth-order valence-electron chi connectivity index (χ4n) is 2.12. The zero-order valence-electron chi connectivity index (χ0n) is 12.5. The lowest BCUT2D eigenvalue weighted by molar-refractivity contribution is 0.188. The number of hydrogen-bond donors (Lipinski definition) is 1. The first-order valence-corrected chi connectivity index (χ1v) is 8.30. The summed E-state index contributed by atoms with van der Waals surface area (Å²) >= 11 is 0. The number of methoxy groups -OCH3 is 1. The predicted octanol–water partition coefficient (Wildman–Crippen LogP) is 2.25. The number of hydrogen-bond acceptors (Lipinski definition) is 4. The maximum atomic E-state index is 12.5. The number of fused-ring (bicyclic) bond motifs is 1. The average molecular weight is 308 g/mol. The highest BCUT2D eigenvalue weighted by Crippen LogP contribution is 2.21. The maximum Gasteiger partial charge on any atom is 0.242 e. The minimum atomic E-state index is -3.60. The molecule has 0 unspecified atom stereocenters. The highest BCUT2D eigenvalue weighted by atomic mass is 32.2. The van der Waals surface area contributed by atoms with Gasteiger partial charge in [-0.2, -0.15) is 0 Å². The summed E-state index contributed by atoms with van der Waals surface area (Å²) in [5, 5.41) is 0.813. The second kappa shape index (κ2) is 6.51. The maximum absolute atomic E-state index is 12.5. The van der Waals surface area contributed by atoms with Crippen molar-refractivity contribution in [2.45, 2.75) is 31.2 Å². The Hall–Kier alpha value is -1.50. The van der Waals surface area contributed by atoms with E-state index < -0.39 is 10.0 Å². The molecule has 1 N–H and O–H groups in total. The normalized spacial score (nSPS) is 13.5.